The molecule has 1 aromatic rings. The Morgan fingerprint density at radius 2 is 2.12 bits per heavy atom. The number of nitrogens with zero attached hydrogens (tertiary/aromatic N) is 1. The number of para-hydroxylation sites is 1. The third-order valence-electron chi connectivity index (χ3n) is 2.15. The van der Waals surface area contributed by atoms with E-state index < -0.39 is 0 Å². The number of nitrogens with one attached hydrogen (secondary N) is 1. The molecule has 0 fully saturated rings. The van der Waals surface area contributed by atoms with Crippen molar-refractivity contribution in [3.63, 3.8) is 0 Å². The summed E-state index contributed by atoms with van der Waals surface area (Å²) in [6, 6.07) is 7.08. The van der Waals surface area contributed by atoms with Gasteiger partial charge in [0.15, 0.2) is 0 Å². The van der Waals surface area contributed by atoms with Crippen LogP contribution in [0.3, 0.4) is 0 Å². The highest BCUT2D eigenvalue weighted by atomic mass is 16.2. The maximum Gasteiger partial charge on any atom is 0.321 e. The van der Waals surface area contributed by atoms with Crippen molar-refractivity contribution in [1.82, 2.24) is 5.32 Å². The van der Waals surface area contributed by atoms with Crippen LogP contribution in [0.1, 0.15) is 5.56 Å². The quantitative estimate of drug-likeness (QED) is 0.781. The second kappa shape index (κ2) is 5.70. The van der Waals surface area contributed by atoms with E-state index in [0.717, 1.165) is 11.3 Å². The molecule has 0 atom stereocenters. The molecule has 0 aliphatic rings. The highest BCUT2D eigenvalue weighted by molar-refractivity contribution is 5.94. The van der Waals surface area contributed by atoms with Gasteiger partial charge in [0.2, 0.25) is 6.29 Å². The molecule has 4 heteroatoms. The Kier molecular flexibility index (Phi) is 4.27. The fraction of sp³-hybridized carbons (Fsp3) is 0.167. The van der Waals surface area contributed by atoms with Gasteiger partial charge < -0.3 is 5.32 Å². The molecular weight excluding hydrogens is 204 g/mol. The number of benzene rings is 1. The molecule has 0 bridgehead atoms. The molecule has 0 heterocycles. The molecule has 0 spiro atoms. The lowest BCUT2D eigenvalue weighted by Crippen LogP contribution is -2.35. The number of amides is 2. The molecule has 4 nitrogen and oxygen atoms in total. The minimum atomic E-state index is -0.212. The van der Waals surface area contributed by atoms with Crippen LogP contribution in [0.25, 0.3) is 6.08 Å². The second-order valence-corrected chi connectivity index (χ2v) is 3.12. The molecule has 0 aliphatic heterocycles. The summed E-state index contributed by atoms with van der Waals surface area (Å²) < 4.78 is 0. The predicted molar refractivity (Wildman–Crippen MR) is 64.0 cm³/mol. The molecule has 1 aromatic carbocycles. The normalized spacial score (nSPS) is 10.1. The van der Waals surface area contributed by atoms with Gasteiger partial charge in [0, 0.05) is 14.1 Å². The number of carbonyl (C=O) groups is 1. The number of anilines is 1. The fourth-order valence-corrected chi connectivity index (χ4v) is 1.33. The van der Waals surface area contributed by atoms with Gasteiger partial charge in [-0.3, -0.25) is 9.69 Å². The van der Waals surface area contributed by atoms with E-state index in [1.165, 1.54) is 11.0 Å². The maximum atomic E-state index is 11.5. The third-order valence-corrected chi connectivity index (χ3v) is 2.15. The summed E-state index contributed by atoms with van der Waals surface area (Å²) >= 11 is 0. The standard InChI is InChI=1S/C12H13N2O2/c1-13-12(16)14(2)11-8-4-3-6-10(11)7-5-9-15/h3-8H,1-2H3,(H,13,16)/b7-5+. The largest absolute Gasteiger partial charge is 0.341 e. The van der Waals surface area contributed by atoms with E-state index >= 15 is 0 Å². The van der Waals surface area contributed by atoms with Crippen molar-refractivity contribution in [1.29, 1.82) is 0 Å². The second-order valence-electron chi connectivity index (χ2n) is 3.12. The number of urea groups is 1. The first kappa shape index (κ1) is 12.0. The minimum Gasteiger partial charge on any atom is -0.341 e. The van der Waals surface area contributed by atoms with Crippen molar-refractivity contribution < 1.29 is 9.59 Å². The van der Waals surface area contributed by atoms with Gasteiger partial charge in [-0.15, -0.1) is 0 Å². The lowest BCUT2D eigenvalue weighted by molar-refractivity contribution is 0.249. The van der Waals surface area contributed by atoms with E-state index in [1.807, 2.05) is 18.2 Å². The van der Waals surface area contributed by atoms with Gasteiger partial charge in [0.05, 0.1) is 5.69 Å². The average molecular weight is 217 g/mol. The van der Waals surface area contributed by atoms with Gasteiger partial charge in [0.25, 0.3) is 0 Å². The molecule has 0 saturated carbocycles. The summed E-state index contributed by atoms with van der Waals surface area (Å²) in [6.45, 7) is 0. The molecule has 83 valence electrons. The van der Waals surface area contributed by atoms with Crippen LogP contribution in [0.4, 0.5) is 10.5 Å². The van der Waals surface area contributed by atoms with Crippen LogP contribution in [-0.2, 0) is 4.79 Å². The molecular formula is C12H13N2O2. The summed E-state index contributed by atoms with van der Waals surface area (Å²) in [5.74, 6) is 0. The van der Waals surface area contributed by atoms with Crippen molar-refractivity contribution in [2.45, 2.75) is 0 Å². The monoisotopic (exact) mass is 217 g/mol. The van der Waals surface area contributed by atoms with E-state index in [9.17, 15) is 9.59 Å². The van der Waals surface area contributed by atoms with Crippen LogP contribution in [0.5, 0.6) is 0 Å². The minimum absolute atomic E-state index is 0.212. The third kappa shape index (κ3) is 2.70. The summed E-state index contributed by atoms with van der Waals surface area (Å²) in [6.07, 6.45) is 4.56. The van der Waals surface area contributed by atoms with Gasteiger partial charge >= 0.3 is 6.03 Å². The Morgan fingerprint density at radius 3 is 2.75 bits per heavy atom. The lowest BCUT2D eigenvalue weighted by atomic mass is 10.1. The van der Waals surface area contributed by atoms with Crippen LogP contribution in [-0.4, -0.2) is 26.4 Å². The topological polar surface area (TPSA) is 49.4 Å². The van der Waals surface area contributed by atoms with Crippen LogP contribution in [0.2, 0.25) is 0 Å². The molecule has 1 radical (unpaired) electrons. The molecule has 1 N–H and O–H groups in total. The first-order valence-corrected chi connectivity index (χ1v) is 4.79. The van der Waals surface area contributed by atoms with Crippen molar-refractivity contribution >= 4 is 24.1 Å². The zero-order valence-corrected chi connectivity index (χ0v) is 9.23. The van der Waals surface area contributed by atoms with E-state index in [1.54, 1.807) is 32.5 Å². The lowest BCUT2D eigenvalue weighted by Gasteiger charge is -2.18. The van der Waals surface area contributed by atoms with Gasteiger partial charge in [-0.2, -0.15) is 0 Å². The Balaban J connectivity index is 3.07. The molecule has 16 heavy (non-hydrogen) atoms. The van der Waals surface area contributed by atoms with Crippen molar-refractivity contribution in [2.75, 3.05) is 19.0 Å². The fourth-order valence-electron chi connectivity index (χ4n) is 1.33. The number of hydrogen-bond donors (Lipinski definition) is 1. The summed E-state index contributed by atoms with van der Waals surface area (Å²) in [5.41, 5.74) is 1.52. The molecule has 1 rings (SSSR count). The maximum absolute atomic E-state index is 11.5. The Hall–Kier alpha value is -2.10. The van der Waals surface area contributed by atoms with Crippen LogP contribution in [0.15, 0.2) is 30.3 Å². The summed E-state index contributed by atoms with van der Waals surface area (Å²) in [7, 11) is 3.23. The van der Waals surface area contributed by atoms with Crippen molar-refractivity contribution in [3.05, 3.63) is 35.9 Å². The van der Waals surface area contributed by atoms with Gasteiger partial charge in [0.1, 0.15) is 0 Å². The zero-order valence-electron chi connectivity index (χ0n) is 9.23. The van der Waals surface area contributed by atoms with E-state index in [0.29, 0.717) is 0 Å². The molecule has 0 saturated heterocycles. The Labute approximate surface area is 94.6 Å². The summed E-state index contributed by atoms with van der Waals surface area (Å²) in [4.78, 5) is 23.1. The Morgan fingerprint density at radius 1 is 1.44 bits per heavy atom. The van der Waals surface area contributed by atoms with Crippen LogP contribution in [0, 0.1) is 0 Å². The van der Waals surface area contributed by atoms with Crippen molar-refractivity contribution in [3.8, 4) is 0 Å². The van der Waals surface area contributed by atoms with E-state index in [2.05, 4.69) is 5.32 Å². The number of carbonyl (C=O) groups excluding carboxylic acids is 2. The summed E-state index contributed by atoms with van der Waals surface area (Å²) in [5, 5.41) is 2.53. The van der Waals surface area contributed by atoms with Crippen LogP contribution < -0.4 is 10.2 Å². The smallest absolute Gasteiger partial charge is 0.321 e. The molecule has 0 aromatic heterocycles. The van der Waals surface area contributed by atoms with Gasteiger partial charge in [-0.05, 0) is 23.8 Å². The first-order valence-electron chi connectivity index (χ1n) is 4.79. The molecule has 0 unspecified atom stereocenters. The number of allylic oxidation sites excluding steroid dienone is 1. The van der Waals surface area contributed by atoms with Gasteiger partial charge in [-0.25, -0.2) is 4.79 Å². The number of rotatable bonds is 3. The predicted octanol–water partition coefficient (Wildman–Crippen LogP) is 1.59. The Bertz CT molecular complexity index is 413. The van der Waals surface area contributed by atoms with Crippen molar-refractivity contribution in [2.24, 2.45) is 0 Å². The SMILES string of the molecule is CNC(=O)N(C)c1ccccc1/C=C/[C]=O. The van der Waals surface area contributed by atoms with E-state index in [4.69, 9.17) is 0 Å². The van der Waals surface area contributed by atoms with Gasteiger partial charge in [-0.1, -0.05) is 18.2 Å². The number of hydrogen-bond acceptors (Lipinski definition) is 2. The average Bonchev–Trinajstić information content (AvgIpc) is 2.34. The van der Waals surface area contributed by atoms with E-state index in [-0.39, 0.29) is 6.03 Å². The molecule has 0 aliphatic carbocycles. The zero-order chi connectivity index (χ0) is 12.0. The first-order chi connectivity index (χ1) is 7.70. The molecule has 2 amide bonds. The van der Waals surface area contributed by atoms with Crippen LogP contribution >= 0.6 is 0 Å². The highest BCUT2D eigenvalue weighted by Gasteiger charge is 2.10. The highest BCUT2D eigenvalue weighted by Crippen LogP contribution is 2.20.